The first kappa shape index (κ1) is 16.5. The Morgan fingerprint density at radius 2 is 1.56 bits per heavy atom. The average Bonchev–Trinajstić information content (AvgIpc) is 3.30. The number of hydrogen-bond donors (Lipinski definition) is 0. The van der Waals surface area contributed by atoms with E-state index in [1.165, 1.54) is 53.2 Å². The van der Waals surface area contributed by atoms with Gasteiger partial charge in [-0.3, -0.25) is 0 Å². The van der Waals surface area contributed by atoms with Gasteiger partial charge in [0, 0.05) is 19.5 Å². The summed E-state index contributed by atoms with van der Waals surface area (Å²) >= 11 is 3.94. The monoisotopic (exact) mass is 372 g/mol. The molecule has 3 fully saturated rings. The molecule has 0 bridgehead atoms. The molecular weight excluding hydrogens is 344 g/mol. The predicted molar refractivity (Wildman–Crippen MR) is 108 cm³/mol. The molecule has 2 saturated carbocycles. The molecule has 2 aromatic rings. The molecule has 0 aromatic carbocycles. The topological polar surface area (TPSA) is 9.23 Å². The van der Waals surface area contributed by atoms with Crippen LogP contribution in [0, 0.1) is 24.7 Å². The standard InChI is InChI=1S/C22H28OS2/c1-13-3-6-16-17-7-5-15(12-19(17)23-18(16)11-13)20-9-10-22(25-20)21-8-4-14(2)24-21/h4,8-10,13,15-19H,3,5-7,11-12H2,1-2H3. The van der Waals surface area contributed by atoms with Crippen LogP contribution in [0.3, 0.4) is 0 Å². The van der Waals surface area contributed by atoms with Gasteiger partial charge < -0.3 is 4.74 Å². The van der Waals surface area contributed by atoms with Crippen molar-refractivity contribution in [2.24, 2.45) is 17.8 Å². The fourth-order valence-corrected chi connectivity index (χ4v) is 7.66. The molecule has 0 spiro atoms. The molecule has 5 rings (SSSR count). The third-order valence-corrected chi connectivity index (χ3v) is 9.30. The van der Waals surface area contributed by atoms with E-state index in [2.05, 4.69) is 38.1 Å². The number of rotatable bonds is 2. The zero-order valence-electron chi connectivity index (χ0n) is 15.2. The van der Waals surface area contributed by atoms with Crippen molar-refractivity contribution in [2.45, 2.75) is 70.5 Å². The molecule has 2 aliphatic carbocycles. The van der Waals surface area contributed by atoms with Crippen LogP contribution in [-0.2, 0) is 4.74 Å². The summed E-state index contributed by atoms with van der Waals surface area (Å²) < 4.78 is 6.59. The summed E-state index contributed by atoms with van der Waals surface area (Å²) in [5.41, 5.74) is 0. The van der Waals surface area contributed by atoms with E-state index in [4.69, 9.17) is 4.74 Å². The summed E-state index contributed by atoms with van der Waals surface area (Å²) in [6.45, 7) is 4.60. The van der Waals surface area contributed by atoms with Gasteiger partial charge >= 0.3 is 0 Å². The van der Waals surface area contributed by atoms with Gasteiger partial charge in [-0.15, -0.1) is 22.7 Å². The zero-order valence-corrected chi connectivity index (χ0v) is 16.9. The summed E-state index contributed by atoms with van der Waals surface area (Å²) in [7, 11) is 0. The molecule has 3 heteroatoms. The normalized spacial score (nSPS) is 37.7. The van der Waals surface area contributed by atoms with Gasteiger partial charge in [0.15, 0.2) is 0 Å². The van der Waals surface area contributed by atoms with Crippen LogP contribution in [0.1, 0.15) is 61.1 Å². The average molecular weight is 373 g/mol. The lowest BCUT2D eigenvalue weighted by Gasteiger charge is -2.34. The highest BCUT2D eigenvalue weighted by molar-refractivity contribution is 7.22. The molecule has 0 N–H and O–H groups in total. The fourth-order valence-electron chi connectivity index (χ4n) is 5.55. The van der Waals surface area contributed by atoms with E-state index < -0.39 is 0 Å². The Morgan fingerprint density at radius 3 is 2.36 bits per heavy atom. The number of ether oxygens (including phenoxy) is 1. The number of thiophene rings is 2. The van der Waals surface area contributed by atoms with Gasteiger partial charge in [0.25, 0.3) is 0 Å². The van der Waals surface area contributed by atoms with Gasteiger partial charge in [0.05, 0.1) is 12.2 Å². The molecule has 1 nitrogen and oxygen atoms in total. The molecule has 2 aromatic heterocycles. The third-order valence-electron chi connectivity index (χ3n) is 6.86. The van der Waals surface area contributed by atoms with E-state index in [1.54, 1.807) is 4.88 Å². The van der Waals surface area contributed by atoms with Crippen molar-refractivity contribution in [3.8, 4) is 9.75 Å². The van der Waals surface area contributed by atoms with Gasteiger partial charge in [-0.1, -0.05) is 13.3 Å². The molecule has 3 aliphatic rings. The van der Waals surface area contributed by atoms with Gasteiger partial charge in [0.1, 0.15) is 0 Å². The van der Waals surface area contributed by atoms with Crippen molar-refractivity contribution in [1.82, 2.24) is 0 Å². The van der Waals surface area contributed by atoms with Crippen LogP contribution in [0.25, 0.3) is 9.75 Å². The van der Waals surface area contributed by atoms with Crippen molar-refractivity contribution in [3.63, 3.8) is 0 Å². The van der Waals surface area contributed by atoms with E-state index in [9.17, 15) is 0 Å². The summed E-state index contributed by atoms with van der Waals surface area (Å²) in [6.07, 6.45) is 9.27. The number of fused-ring (bicyclic) bond motifs is 3. The Kier molecular flexibility index (Phi) is 4.30. The maximum Gasteiger partial charge on any atom is 0.0616 e. The highest BCUT2D eigenvalue weighted by Gasteiger charge is 2.48. The molecule has 134 valence electrons. The highest BCUT2D eigenvalue weighted by Crippen LogP contribution is 2.52. The molecule has 3 heterocycles. The highest BCUT2D eigenvalue weighted by atomic mass is 32.1. The molecule has 25 heavy (non-hydrogen) atoms. The minimum absolute atomic E-state index is 0.536. The van der Waals surface area contributed by atoms with Crippen LogP contribution in [-0.4, -0.2) is 12.2 Å². The maximum absolute atomic E-state index is 6.59. The number of hydrogen-bond acceptors (Lipinski definition) is 3. The first-order chi connectivity index (χ1) is 12.2. The predicted octanol–water partition coefficient (Wildman–Crippen LogP) is 6.87. The Labute approximate surface area is 159 Å². The first-order valence-electron chi connectivity index (χ1n) is 9.99. The molecule has 0 radical (unpaired) electrons. The quantitative estimate of drug-likeness (QED) is 0.559. The zero-order chi connectivity index (χ0) is 17.0. The Balaban J connectivity index is 1.30. The van der Waals surface area contributed by atoms with Crippen molar-refractivity contribution < 1.29 is 4.74 Å². The second kappa shape index (κ2) is 6.51. The van der Waals surface area contributed by atoms with Gasteiger partial charge in [-0.05, 0) is 87.0 Å². The van der Waals surface area contributed by atoms with Gasteiger partial charge in [-0.2, -0.15) is 0 Å². The maximum atomic E-state index is 6.59. The van der Waals surface area contributed by atoms with Crippen LogP contribution in [0.4, 0.5) is 0 Å². The summed E-state index contributed by atoms with van der Waals surface area (Å²) in [5.74, 6) is 3.31. The van der Waals surface area contributed by atoms with Crippen LogP contribution < -0.4 is 0 Å². The minimum Gasteiger partial charge on any atom is -0.374 e. The Hall–Kier alpha value is -0.640. The van der Waals surface area contributed by atoms with Crippen molar-refractivity contribution >= 4 is 22.7 Å². The Morgan fingerprint density at radius 1 is 0.840 bits per heavy atom. The summed E-state index contributed by atoms with van der Waals surface area (Å²) in [6, 6.07) is 9.25. The number of aryl methyl sites for hydroxylation is 1. The van der Waals surface area contributed by atoms with Crippen molar-refractivity contribution in [1.29, 1.82) is 0 Å². The fraction of sp³-hybridized carbons (Fsp3) is 0.636. The lowest BCUT2D eigenvalue weighted by Crippen LogP contribution is -2.30. The summed E-state index contributed by atoms with van der Waals surface area (Å²) in [4.78, 5) is 5.87. The van der Waals surface area contributed by atoms with E-state index in [-0.39, 0.29) is 0 Å². The minimum atomic E-state index is 0.536. The molecule has 1 aliphatic heterocycles. The van der Waals surface area contributed by atoms with Crippen LogP contribution >= 0.6 is 22.7 Å². The molecule has 0 amide bonds. The van der Waals surface area contributed by atoms with Crippen LogP contribution in [0.2, 0.25) is 0 Å². The van der Waals surface area contributed by atoms with Crippen LogP contribution in [0.5, 0.6) is 0 Å². The molecular formula is C22H28OS2. The molecule has 1 saturated heterocycles. The lowest BCUT2D eigenvalue weighted by atomic mass is 9.69. The second-order valence-electron chi connectivity index (χ2n) is 8.58. The third kappa shape index (κ3) is 3.02. The summed E-state index contributed by atoms with van der Waals surface area (Å²) in [5, 5.41) is 0. The molecule has 6 atom stereocenters. The van der Waals surface area contributed by atoms with E-state index in [1.807, 2.05) is 22.7 Å². The smallest absolute Gasteiger partial charge is 0.0616 e. The van der Waals surface area contributed by atoms with Crippen molar-refractivity contribution in [2.75, 3.05) is 0 Å². The molecule has 6 unspecified atom stereocenters. The van der Waals surface area contributed by atoms with Gasteiger partial charge in [-0.25, -0.2) is 0 Å². The Bertz CT molecular complexity index is 745. The second-order valence-corrected chi connectivity index (χ2v) is 11.0. The van der Waals surface area contributed by atoms with Gasteiger partial charge in [0.2, 0.25) is 0 Å². The SMILES string of the molecule is Cc1ccc(-c2ccc(C3CCC4C(C3)OC3CC(C)CCC34)s2)s1. The van der Waals surface area contributed by atoms with E-state index in [0.717, 1.165) is 23.7 Å². The van der Waals surface area contributed by atoms with E-state index in [0.29, 0.717) is 12.2 Å². The van der Waals surface area contributed by atoms with E-state index >= 15 is 0 Å². The lowest BCUT2D eigenvalue weighted by molar-refractivity contribution is -0.00542. The van der Waals surface area contributed by atoms with Crippen LogP contribution in [0.15, 0.2) is 24.3 Å². The first-order valence-corrected chi connectivity index (χ1v) is 11.6. The van der Waals surface area contributed by atoms with Crippen molar-refractivity contribution in [3.05, 3.63) is 34.0 Å². The largest absolute Gasteiger partial charge is 0.374 e.